The van der Waals surface area contributed by atoms with E-state index in [0.29, 0.717) is 30.1 Å². The zero-order valence-corrected chi connectivity index (χ0v) is 16.0. The van der Waals surface area contributed by atoms with Crippen molar-refractivity contribution in [1.29, 1.82) is 0 Å². The summed E-state index contributed by atoms with van der Waals surface area (Å²) in [7, 11) is 0. The van der Waals surface area contributed by atoms with Crippen LogP contribution in [0.3, 0.4) is 0 Å². The molecule has 0 aliphatic heterocycles. The fraction of sp³-hybridized carbons (Fsp3) is 0.130. The van der Waals surface area contributed by atoms with Gasteiger partial charge in [-0.1, -0.05) is 36.4 Å². The highest BCUT2D eigenvalue weighted by atomic mass is 16.3. The number of nitrogens with zero attached hydrogens (tertiary/aromatic N) is 1. The third-order valence-electron chi connectivity index (χ3n) is 4.29. The molecule has 0 saturated heterocycles. The Labute approximate surface area is 169 Å². The van der Waals surface area contributed by atoms with Crippen molar-refractivity contribution in [1.82, 2.24) is 5.32 Å². The molecule has 0 radical (unpaired) electrons. The number of para-hydroxylation sites is 2. The number of rotatable bonds is 9. The van der Waals surface area contributed by atoms with Crippen LogP contribution in [0.5, 0.6) is 0 Å². The second-order valence-corrected chi connectivity index (χ2v) is 6.29. The molecule has 148 valence electrons. The van der Waals surface area contributed by atoms with E-state index in [1.807, 2.05) is 36.4 Å². The SMILES string of the molecule is C=CCN(C(=O)CNc1ccccc1C(=O)NCc1ccco1)c1ccccc1. The summed E-state index contributed by atoms with van der Waals surface area (Å²) in [6, 6.07) is 20.0. The fourth-order valence-corrected chi connectivity index (χ4v) is 2.87. The van der Waals surface area contributed by atoms with Crippen molar-refractivity contribution in [2.75, 3.05) is 23.3 Å². The highest BCUT2D eigenvalue weighted by Crippen LogP contribution is 2.17. The lowest BCUT2D eigenvalue weighted by molar-refractivity contribution is -0.116. The smallest absolute Gasteiger partial charge is 0.253 e. The first kappa shape index (κ1) is 19.9. The number of carbonyl (C=O) groups is 2. The van der Waals surface area contributed by atoms with Crippen LogP contribution in [0.1, 0.15) is 16.1 Å². The maximum atomic E-state index is 12.8. The van der Waals surface area contributed by atoms with E-state index in [-0.39, 0.29) is 18.4 Å². The Kier molecular flexibility index (Phi) is 6.84. The van der Waals surface area contributed by atoms with Crippen LogP contribution in [0.15, 0.2) is 90.1 Å². The van der Waals surface area contributed by atoms with Crippen molar-refractivity contribution in [3.8, 4) is 0 Å². The van der Waals surface area contributed by atoms with Crippen LogP contribution in [0.4, 0.5) is 11.4 Å². The van der Waals surface area contributed by atoms with Gasteiger partial charge in [-0.25, -0.2) is 0 Å². The maximum Gasteiger partial charge on any atom is 0.253 e. The lowest BCUT2D eigenvalue weighted by Gasteiger charge is -2.22. The zero-order valence-electron chi connectivity index (χ0n) is 16.0. The zero-order chi connectivity index (χ0) is 20.5. The first-order valence-corrected chi connectivity index (χ1v) is 9.29. The Morgan fingerprint density at radius 3 is 2.48 bits per heavy atom. The summed E-state index contributed by atoms with van der Waals surface area (Å²) in [5.74, 6) is 0.298. The molecule has 29 heavy (non-hydrogen) atoms. The van der Waals surface area contributed by atoms with Gasteiger partial charge in [0.15, 0.2) is 0 Å². The van der Waals surface area contributed by atoms with Gasteiger partial charge in [0.25, 0.3) is 5.91 Å². The maximum absolute atomic E-state index is 12.8. The minimum absolute atomic E-state index is 0.0468. The third-order valence-corrected chi connectivity index (χ3v) is 4.29. The summed E-state index contributed by atoms with van der Waals surface area (Å²) < 4.78 is 5.23. The summed E-state index contributed by atoms with van der Waals surface area (Å²) in [6.07, 6.45) is 3.24. The van der Waals surface area contributed by atoms with E-state index in [1.165, 1.54) is 0 Å². The first-order chi connectivity index (χ1) is 14.2. The second-order valence-electron chi connectivity index (χ2n) is 6.29. The van der Waals surface area contributed by atoms with Gasteiger partial charge < -0.3 is 20.0 Å². The lowest BCUT2D eigenvalue weighted by atomic mass is 10.1. The van der Waals surface area contributed by atoms with Gasteiger partial charge in [-0.05, 0) is 36.4 Å². The van der Waals surface area contributed by atoms with Crippen LogP contribution in [0.2, 0.25) is 0 Å². The molecule has 0 aliphatic carbocycles. The van der Waals surface area contributed by atoms with Gasteiger partial charge in [-0.15, -0.1) is 6.58 Å². The predicted molar refractivity (Wildman–Crippen MR) is 114 cm³/mol. The van der Waals surface area contributed by atoms with E-state index in [1.54, 1.807) is 47.6 Å². The number of amides is 2. The molecule has 0 unspecified atom stereocenters. The topological polar surface area (TPSA) is 74.6 Å². The van der Waals surface area contributed by atoms with Crippen molar-refractivity contribution < 1.29 is 14.0 Å². The Bertz CT molecular complexity index is 953. The number of furan rings is 1. The molecule has 2 aromatic carbocycles. The Balaban J connectivity index is 1.66. The molecule has 2 N–H and O–H groups in total. The molecule has 2 amide bonds. The number of hydrogen-bond acceptors (Lipinski definition) is 4. The highest BCUT2D eigenvalue weighted by molar-refractivity contribution is 6.01. The van der Waals surface area contributed by atoms with Gasteiger partial charge >= 0.3 is 0 Å². The summed E-state index contributed by atoms with van der Waals surface area (Å²) >= 11 is 0. The van der Waals surface area contributed by atoms with Crippen LogP contribution in [-0.2, 0) is 11.3 Å². The largest absolute Gasteiger partial charge is 0.467 e. The monoisotopic (exact) mass is 389 g/mol. The van der Waals surface area contributed by atoms with Gasteiger partial charge in [0.2, 0.25) is 5.91 Å². The van der Waals surface area contributed by atoms with Crippen LogP contribution in [0, 0.1) is 0 Å². The van der Waals surface area contributed by atoms with Crippen LogP contribution in [0.25, 0.3) is 0 Å². The number of nitrogens with one attached hydrogen (secondary N) is 2. The van der Waals surface area contributed by atoms with E-state index >= 15 is 0 Å². The quantitative estimate of drug-likeness (QED) is 0.545. The van der Waals surface area contributed by atoms with Gasteiger partial charge in [0.05, 0.1) is 24.9 Å². The third kappa shape index (κ3) is 5.35. The summed E-state index contributed by atoms with van der Waals surface area (Å²) in [4.78, 5) is 27.0. The molecule has 0 spiro atoms. The van der Waals surface area contributed by atoms with Crippen molar-refractivity contribution in [2.24, 2.45) is 0 Å². The molecule has 0 fully saturated rings. The van der Waals surface area contributed by atoms with E-state index in [0.717, 1.165) is 5.69 Å². The van der Waals surface area contributed by atoms with Crippen LogP contribution >= 0.6 is 0 Å². The van der Waals surface area contributed by atoms with E-state index < -0.39 is 0 Å². The average molecular weight is 389 g/mol. The Morgan fingerprint density at radius 2 is 1.76 bits per heavy atom. The van der Waals surface area contributed by atoms with Gasteiger partial charge in [-0.2, -0.15) is 0 Å². The predicted octanol–water partition coefficient (Wildman–Crippen LogP) is 3.84. The van der Waals surface area contributed by atoms with Crippen LogP contribution in [-0.4, -0.2) is 24.9 Å². The van der Waals surface area contributed by atoms with Crippen molar-refractivity contribution in [3.63, 3.8) is 0 Å². The molecular weight excluding hydrogens is 366 g/mol. The second kappa shape index (κ2) is 9.94. The number of carbonyl (C=O) groups excluding carboxylic acids is 2. The molecule has 0 bridgehead atoms. The summed E-state index contributed by atoms with van der Waals surface area (Å²) in [6.45, 7) is 4.47. The van der Waals surface area contributed by atoms with Gasteiger partial charge in [-0.3, -0.25) is 9.59 Å². The lowest BCUT2D eigenvalue weighted by Crippen LogP contribution is -2.36. The average Bonchev–Trinajstić information content (AvgIpc) is 3.28. The molecule has 0 atom stereocenters. The van der Waals surface area contributed by atoms with Crippen molar-refractivity contribution >= 4 is 23.2 Å². The molecule has 1 aromatic heterocycles. The number of anilines is 2. The van der Waals surface area contributed by atoms with Crippen LogP contribution < -0.4 is 15.5 Å². The molecule has 0 saturated carbocycles. The molecule has 1 heterocycles. The Hall–Kier alpha value is -3.80. The highest BCUT2D eigenvalue weighted by Gasteiger charge is 2.16. The molecule has 3 aromatic rings. The van der Waals surface area contributed by atoms with Crippen molar-refractivity contribution in [3.05, 3.63) is 97.0 Å². The normalized spacial score (nSPS) is 10.2. The van der Waals surface area contributed by atoms with E-state index in [9.17, 15) is 9.59 Å². The summed E-state index contributed by atoms with van der Waals surface area (Å²) in [5.41, 5.74) is 1.84. The molecule has 0 aliphatic rings. The van der Waals surface area contributed by atoms with Crippen molar-refractivity contribution in [2.45, 2.75) is 6.54 Å². The molecule has 6 heteroatoms. The van der Waals surface area contributed by atoms with Gasteiger partial charge in [0, 0.05) is 17.9 Å². The summed E-state index contributed by atoms with van der Waals surface area (Å²) in [5, 5.41) is 5.90. The number of benzene rings is 2. The van der Waals surface area contributed by atoms with E-state index in [2.05, 4.69) is 17.2 Å². The number of hydrogen-bond donors (Lipinski definition) is 2. The van der Waals surface area contributed by atoms with Gasteiger partial charge in [0.1, 0.15) is 5.76 Å². The van der Waals surface area contributed by atoms with E-state index in [4.69, 9.17) is 4.42 Å². The molecular formula is C23H23N3O3. The minimum Gasteiger partial charge on any atom is -0.467 e. The minimum atomic E-state index is -0.247. The Morgan fingerprint density at radius 1 is 1.00 bits per heavy atom. The standard InChI is InChI=1S/C23H23N3O3/c1-2-14-26(18-9-4-3-5-10-18)22(27)17-24-21-13-7-6-12-20(21)23(28)25-16-19-11-8-15-29-19/h2-13,15,24H,1,14,16-17H2,(H,25,28). The molecule has 3 rings (SSSR count). The first-order valence-electron chi connectivity index (χ1n) is 9.29. The fourth-order valence-electron chi connectivity index (χ4n) is 2.87. The molecule has 6 nitrogen and oxygen atoms in total.